The molecule has 2 heterocycles. The molecule has 52 heavy (non-hydrogen) atoms. The quantitative estimate of drug-likeness (QED) is 0.172. The number of methoxy groups -OCH3 is 1. The van der Waals surface area contributed by atoms with Crippen LogP contribution in [0.2, 0.25) is 10.0 Å². The van der Waals surface area contributed by atoms with Crippen molar-refractivity contribution in [1.82, 2.24) is 5.32 Å². The summed E-state index contributed by atoms with van der Waals surface area (Å²) in [5.41, 5.74) is 1.41. The Bertz CT molecular complexity index is 1880. The molecule has 9 nitrogen and oxygen atoms in total. The van der Waals surface area contributed by atoms with Gasteiger partial charge in [-0.25, -0.2) is 9.18 Å². The summed E-state index contributed by atoms with van der Waals surface area (Å²) in [6.45, 7) is 9.03. The molecule has 3 aromatic carbocycles. The number of carbonyl (C=O) groups excluding carboxylic acids is 1. The van der Waals surface area contributed by atoms with E-state index in [4.69, 9.17) is 27.9 Å². The average molecular weight is 755 g/mol. The van der Waals surface area contributed by atoms with E-state index < -0.39 is 41.0 Å². The van der Waals surface area contributed by atoms with Crippen LogP contribution >= 0.6 is 23.2 Å². The maximum absolute atomic E-state index is 16.5. The molecule has 4 N–H and O–H groups in total. The van der Waals surface area contributed by atoms with Gasteiger partial charge in [-0.15, -0.1) is 0 Å². The number of nitrogens with zero attached hydrogens (tertiary/aromatic N) is 1. The minimum Gasteiger partial charge on any atom is -0.495 e. The van der Waals surface area contributed by atoms with Crippen molar-refractivity contribution < 1.29 is 33.7 Å². The van der Waals surface area contributed by atoms with Crippen LogP contribution in [0.15, 0.2) is 54.6 Å². The topological polar surface area (TPSA) is 128 Å². The first-order valence-corrected chi connectivity index (χ1v) is 18.5. The van der Waals surface area contributed by atoms with Crippen molar-refractivity contribution in [3.63, 3.8) is 0 Å². The summed E-state index contributed by atoms with van der Waals surface area (Å²) in [7, 11) is 1.40. The molecule has 1 saturated carbocycles. The number of aromatic carboxylic acids is 1. The predicted octanol–water partition coefficient (Wildman–Crippen LogP) is 8.38. The fourth-order valence-corrected chi connectivity index (χ4v) is 9.38. The third-order valence-electron chi connectivity index (χ3n) is 11.5. The van der Waals surface area contributed by atoms with Crippen molar-refractivity contribution >= 4 is 52.4 Å². The first-order valence-electron chi connectivity index (χ1n) is 17.8. The van der Waals surface area contributed by atoms with Crippen LogP contribution in [0, 0.1) is 23.1 Å². The van der Waals surface area contributed by atoms with Crippen LogP contribution in [-0.2, 0) is 15.0 Å². The van der Waals surface area contributed by atoms with Crippen molar-refractivity contribution in [3.05, 3.63) is 87.2 Å². The van der Waals surface area contributed by atoms with Crippen LogP contribution in [0.1, 0.15) is 87.2 Å². The third-order valence-corrected chi connectivity index (χ3v) is 12.0. The average Bonchev–Trinajstić information content (AvgIpc) is 3.59. The Balaban J connectivity index is 1.50. The molecule has 3 aliphatic rings. The minimum absolute atomic E-state index is 0.00336. The van der Waals surface area contributed by atoms with Crippen LogP contribution in [0.3, 0.4) is 0 Å². The summed E-state index contributed by atoms with van der Waals surface area (Å²) in [5.74, 6) is -3.62. The maximum atomic E-state index is 16.5. The van der Waals surface area contributed by atoms with Crippen molar-refractivity contribution in [1.29, 1.82) is 0 Å². The van der Waals surface area contributed by atoms with Crippen LogP contribution in [0.25, 0.3) is 0 Å². The monoisotopic (exact) mass is 753 g/mol. The Morgan fingerprint density at radius 3 is 2.40 bits per heavy atom. The van der Waals surface area contributed by atoms with Gasteiger partial charge >= 0.3 is 11.9 Å². The number of carbonyl (C=O) groups is 3. The van der Waals surface area contributed by atoms with Gasteiger partial charge in [0.15, 0.2) is 0 Å². The summed E-state index contributed by atoms with van der Waals surface area (Å²) in [5, 5.41) is 26.4. The number of anilines is 2. The second-order valence-electron chi connectivity index (χ2n) is 15.8. The third kappa shape index (κ3) is 6.97. The van der Waals surface area contributed by atoms with Crippen molar-refractivity contribution in [2.24, 2.45) is 17.3 Å². The molecule has 2 aliphatic heterocycles. The lowest BCUT2D eigenvalue weighted by Gasteiger charge is -2.42. The summed E-state index contributed by atoms with van der Waals surface area (Å²) in [6, 6.07) is 13.7. The van der Waals surface area contributed by atoms with Gasteiger partial charge in [-0.3, -0.25) is 9.59 Å². The molecule has 1 spiro atoms. The Morgan fingerprint density at radius 1 is 1.06 bits per heavy atom. The highest BCUT2D eigenvalue weighted by molar-refractivity contribution is 6.31. The van der Waals surface area contributed by atoms with Gasteiger partial charge in [-0.05, 0) is 97.9 Å². The Morgan fingerprint density at radius 2 is 1.77 bits per heavy atom. The number of fused-ring (bicyclic) bond motifs is 2. The van der Waals surface area contributed by atoms with Gasteiger partial charge in [-0.2, -0.15) is 0 Å². The second kappa shape index (κ2) is 14.5. The van der Waals surface area contributed by atoms with Gasteiger partial charge in [0.1, 0.15) is 11.6 Å². The number of benzene rings is 3. The normalized spacial score (nSPS) is 26.2. The summed E-state index contributed by atoms with van der Waals surface area (Å²) in [6.07, 6.45) is 3.38. The first kappa shape index (κ1) is 37.9. The van der Waals surface area contributed by atoms with Gasteiger partial charge in [0, 0.05) is 40.7 Å². The highest BCUT2D eigenvalue weighted by Crippen LogP contribution is 2.59. The molecule has 1 amide bonds. The minimum atomic E-state index is -1.13. The van der Waals surface area contributed by atoms with Gasteiger partial charge in [0.25, 0.3) is 0 Å². The molecule has 1 saturated heterocycles. The molecule has 12 heteroatoms. The Hall–Kier alpha value is -3.86. The fraction of sp³-hybridized carbons (Fsp3) is 0.475. The highest BCUT2D eigenvalue weighted by atomic mass is 35.5. The molecule has 0 unspecified atom stereocenters. The van der Waals surface area contributed by atoms with E-state index in [2.05, 4.69) is 43.2 Å². The van der Waals surface area contributed by atoms with Crippen LogP contribution < -0.4 is 20.3 Å². The van der Waals surface area contributed by atoms with Gasteiger partial charge in [0.2, 0.25) is 5.91 Å². The van der Waals surface area contributed by atoms with Gasteiger partial charge in [0.05, 0.1) is 35.3 Å². The summed E-state index contributed by atoms with van der Waals surface area (Å²) >= 11 is 13.2. The number of amides is 1. The Labute approximate surface area is 313 Å². The van der Waals surface area contributed by atoms with E-state index in [9.17, 15) is 24.6 Å². The highest BCUT2D eigenvalue weighted by Gasteiger charge is 2.63. The van der Waals surface area contributed by atoms with E-state index in [-0.39, 0.29) is 51.4 Å². The van der Waals surface area contributed by atoms with E-state index in [0.29, 0.717) is 36.4 Å². The lowest BCUT2D eigenvalue weighted by molar-refractivity contribution is -0.143. The maximum Gasteiger partial charge on any atom is 0.335 e. The fourth-order valence-electron chi connectivity index (χ4n) is 9.03. The Kier molecular flexibility index (Phi) is 10.6. The van der Waals surface area contributed by atoms with Crippen molar-refractivity contribution in [3.8, 4) is 5.75 Å². The predicted molar refractivity (Wildman–Crippen MR) is 201 cm³/mol. The van der Waals surface area contributed by atoms with Crippen LogP contribution in [0.5, 0.6) is 5.75 Å². The molecule has 5 atom stereocenters. The number of halogens is 3. The molecule has 0 bridgehead atoms. The number of ether oxygens (including phenoxy) is 1. The zero-order valence-electron chi connectivity index (χ0n) is 30.0. The number of rotatable bonds is 9. The number of nitrogens with one attached hydrogen (secondary N) is 2. The molecule has 0 aromatic heterocycles. The first-order chi connectivity index (χ1) is 24.5. The van der Waals surface area contributed by atoms with E-state index in [1.54, 1.807) is 12.1 Å². The summed E-state index contributed by atoms with van der Waals surface area (Å²) in [4.78, 5) is 40.4. The smallest absolute Gasteiger partial charge is 0.335 e. The lowest BCUT2D eigenvalue weighted by atomic mass is 9.63. The SMILES string of the molecule is COc1cc(C(=O)O)ccc1NC(=O)[C@@H]1N[C@@H](CC(C)(C)C)[C@@]2(CN([C@@H](C)C3CCC(C(=O)O)CC3)c3cc(Cl)ccc32)[C@H]1c1cccc(Cl)c1F. The molecule has 1 aliphatic carbocycles. The molecular formula is C40H46Cl2FN3O6. The molecule has 3 aromatic rings. The standard InChI is InChI=1S/C40H46Cl2FN3O6/c1-21(22-9-11-23(12-10-22)37(48)49)46-20-40(27-15-14-25(41)18-30(27)46)32(19-39(2,3)4)45-35(33(40)26-7-6-8-28(42)34(26)43)36(47)44-29-16-13-24(38(50)51)17-31(29)52-5/h6-8,13-18,21-23,32-33,35,45H,9-12,19-20H2,1-5H3,(H,44,47)(H,48,49)(H,50,51)/t21-,22?,23?,32-,33-,35+,40-/m0/s1. The van der Waals surface area contributed by atoms with Crippen molar-refractivity contribution in [2.45, 2.75) is 89.3 Å². The number of carboxylic acid groups (broad SMARTS) is 2. The molecule has 2 fully saturated rings. The van der Waals surface area contributed by atoms with Crippen molar-refractivity contribution in [2.75, 3.05) is 23.9 Å². The zero-order valence-corrected chi connectivity index (χ0v) is 31.5. The van der Waals surface area contributed by atoms with E-state index in [1.807, 2.05) is 18.2 Å². The van der Waals surface area contributed by atoms with E-state index in [0.717, 1.165) is 24.1 Å². The zero-order chi connectivity index (χ0) is 37.7. The second-order valence-corrected chi connectivity index (χ2v) is 16.7. The largest absolute Gasteiger partial charge is 0.495 e. The molecule has 278 valence electrons. The van der Waals surface area contributed by atoms with E-state index in [1.165, 1.54) is 31.4 Å². The molecule has 6 rings (SSSR count). The number of aliphatic carboxylic acids is 1. The van der Waals surface area contributed by atoms with Gasteiger partial charge in [-0.1, -0.05) is 62.2 Å². The number of carboxylic acids is 2. The number of hydrogen-bond acceptors (Lipinski definition) is 6. The van der Waals surface area contributed by atoms with Crippen LogP contribution in [0.4, 0.5) is 15.8 Å². The molecule has 0 radical (unpaired) electrons. The van der Waals surface area contributed by atoms with Crippen LogP contribution in [-0.4, -0.2) is 59.8 Å². The molecular weight excluding hydrogens is 708 g/mol. The van der Waals surface area contributed by atoms with Gasteiger partial charge < -0.3 is 30.5 Å². The number of hydrogen-bond donors (Lipinski definition) is 4. The summed E-state index contributed by atoms with van der Waals surface area (Å²) < 4.78 is 22.0. The van der Waals surface area contributed by atoms with E-state index >= 15 is 4.39 Å². The lowest BCUT2D eigenvalue weighted by Crippen LogP contribution is -2.50.